The van der Waals surface area contributed by atoms with Crippen LogP contribution in [0.15, 0.2) is 132 Å². The van der Waals surface area contributed by atoms with E-state index in [4.69, 9.17) is 0 Å². The van der Waals surface area contributed by atoms with E-state index < -0.39 is 0 Å². The second-order valence-electron chi connectivity index (χ2n) is 7.53. The predicted molar refractivity (Wildman–Crippen MR) is 178 cm³/mol. The van der Waals surface area contributed by atoms with Gasteiger partial charge in [0.1, 0.15) is 0 Å². The van der Waals surface area contributed by atoms with Crippen molar-refractivity contribution >= 4 is 68.0 Å². The maximum absolute atomic E-state index is 4.34. The Kier molecular flexibility index (Phi) is 15.6. The van der Waals surface area contributed by atoms with Gasteiger partial charge >= 0.3 is 0 Å². The van der Waals surface area contributed by atoms with Crippen LogP contribution in [0.1, 0.15) is 22.3 Å². The molecular formula is C30H28N4PtS4. The molecule has 0 saturated heterocycles. The van der Waals surface area contributed by atoms with Gasteiger partial charge in [0.05, 0.1) is 11.4 Å². The van der Waals surface area contributed by atoms with Gasteiger partial charge in [-0.2, -0.15) is 0 Å². The van der Waals surface area contributed by atoms with E-state index in [1.807, 2.05) is 134 Å². The average Bonchev–Trinajstić information content (AvgIpc) is 2.99. The third-order valence-electron chi connectivity index (χ3n) is 5.03. The van der Waals surface area contributed by atoms with Gasteiger partial charge in [0, 0.05) is 21.1 Å². The standard InChI is InChI=1S/2C15H14N2S2.Pt/c2*1-19-15(18)17-16-14(12-8-4-2-5-9-12)13-10-6-3-7-11-13;/h2*2-11H,1H3,(H,17,18);. The van der Waals surface area contributed by atoms with Crippen LogP contribution < -0.4 is 0 Å². The zero-order chi connectivity index (χ0) is 27.0. The largest absolute Gasteiger partial charge is 0.519 e. The Hall–Kier alpha value is -2.61. The Bertz CT molecular complexity index is 1160. The fourth-order valence-electron chi connectivity index (χ4n) is 3.22. The molecule has 4 rings (SSSR count). The molecule has 39 heavy (non-hydrogen) atoms. The topological polar surface area (TPSA) is 52.9 Å². The van der Waals surface area contributed by atoms with Crippen LogP contribution in [-0.2, 0) is 45.5 Å². The molecule has 0 aromatic heterocycles. The van der Waals surface area contributed by atoms with E-state index in [2.05, 4.69) is 45.5 Å². The van der Waals surface area contributed by atoms with Crippen molar-refractivity contribution in [2.45, 2.75) is 0 Å². The molecule has 0 aliphatic rings. The summed E-state index contributed by atoms with van der Waals surface area (Å²) in [4.78, 5) is 0. The molecule has 0 heterocycles. The molecule has 0 atom stereocenters. The molecule has 0 aliphatic carbocycles. The molecule has 0 N–H and O–H groups in total. The SMILES string of the molecule is CSC(=[SH+])[N-]N=C(c1ccccc1)c1ccccc1.CSC(=[SH+])[N-]N=C(c1ccccc1)c1ccccc1.[Pt]. The van der Waals surface area contributed by atoms with Crippen molar-refractivity contribution in [3.8, 4) is 0 Å². The van der Waals surface area contributed by atoms with Crippen LogP contribution in [0.25, 0.3) is 10.9 Å². The van der Waals surface area contributed by atoms with Crippen LogP contribution >= 0.6 is 23.5 Å². The summed E-state index contributed by atoms with van der Waals surface area (Å²) in [7, 11) is 0. The van der Waals surface area contributed by atoms with Crippen LogP contribution in [0.5, 0.6) is 0 Å². The van der Waals surface area contributed by atoms with Gasteiger partial charge in [0.15, 0.2) is 33.1 Å². The molecule has 9 heteroatoms. The molecule has 0 aliphatic heterocycles. The third kappa shape index (κ3) is 11.2. The summed E-state index contributed by atoms with van der Waals surface area (Å²) >= 11 is 11.4. The van der Waals surface area contributed by atoms with Crippen LogP contribution in [0, 0.1) is 0 Å². The van der Waals surface area contributed by atoms with Crippen LogP contribution in [0.2, 0.25) is 0 Å². The zero-order valence-electron chi connectivity index (χ0n) is 21.4. The molecule has 4 nitrogen and oxygen atoms in total. The number of thiol groups is 2. The molecule has 0 radical (unpaired) electrons. The minimum absolute atomic E-state index is 0. The maximum atomic E-state index is 4.34. The van der Waals surface area contributed by atoms with Gasteiger partial charge in [-0.15, -0.1) is 0 Å². The van der Waals surface area contributed by atoms with Crippen molar-refractivity contribution in [3.05, 3.63) is 154 Å². The number of rotatable bonds is 6. The Morgan fingerprint density at radius 1 is 0.487 bits per heavy atom. The van der Waals surface area contributed by atoms with Gasteiger partial charge < -0.3 is 21.1 Å². The second kappa shape index (κ2) is 18.6. The molecule has 0 saturated carbocycles. The van der Waals surface area contributed by atoms with E-state index in [0.717, 1.165) is 33.7 Å². The quantitative estimate of drug-likeness (QED) is 0.0693. The average molecular weight is 768 g/mol. The fourth-order valence-corrected chi connectivity index (χ4v) is 3.55. The Labute approximate surface area is 264 Å². The first-order valence-corrected chi connectivity index (χ1v) is 15.0. The van der Waals surface area contributed by atoms with Crippen molar-refractivity contribution in [3.63, 3.8) is 0 Å². The predicted octanol–water partition coefficient (Wildman–Crippen LogP) is 7.08. The van der Waals surface area contributed by atoms with E-state index >= 15 is 0 Å². The van der Waals surface area contributed by atoms with Gasteiger partial charge in [-0.05, 0) is 34.8 Å². The van der Waals surface area contributed by atoms with Crippen LogP contribution in [0.4, 0.5) is 0 Å². The van der Waals surface area contributed by atoms with E-state index in [1.54, 1.807) is 0 Å². The molecule has 0 bridgehead atoms. The molecule has 4 aromatic carbocycles. The minimum Gasteiger partial charge on any atom is -0.519 e. The number of hydrogen-bond acceptors (Lipinski definition) is 4. The summed E-state index contributed by atoms with van der Waals surface area (Å²) in [5, 5.41) is 8.68. The molecular weight excluding hydrogens is 740 g/mol. The summed E-state index contributed by atoms with van der Waals surface area (Å²) in [5.74, 6) is 0. The Morgan fingerprint density at radius 3 is 0.923 bits per heavy atom. The Balaban J connectivity index is 0.000000267. The molecule has 0 unspecified atom stereocenters. The van der Waals surface area contributed by atoms with Gasteiger partial charge in [-0.25, -0.2) is 0 Å². The monoisotopic (exact) mass is 767 g/mol. The molecule has 0 amide bonds. The fraction of sp³-hybridized carbons (Fsp3) is 0.0667. The number of nitrogens with zero attached hydrogens (tertiary/aromatic N) is 4. The van der Waals surface area contributed by atoms with Crippen molar-refractivity contribution in [1.29, 1.82) is 0 Å². The smallest absolute Gasteiger partial charge is 0.174 e. The van der Waals surface area contributed by atoms with E-state index in [1.165, 1.54) is 23.5 Å². The van der Waals surface area contributed by atoms with Crippen LogP contribution in [0.3, 0.4) is 0 Å². The Morgan fingerprint density at radius 2 is 0.718 bits per heavy atom. The summed E-state index contributed by atoms with van der Waals surface area (Å²) in [6.07, 6.45) is 3.85. The number of benzene rings is 4. The maximum Gasteiger partial charge on any atom is 0.174 e. The van der Waals surface area contributed by atoms with Crippen molar-refractivity contribution in [2.24, 2.45) is 10.2 Å². The summed E-state index contributed by atoms with van der Waals surface area (Å²) in [6, 6.07) is 40.1. The normalized spacial score (nSPS) is 9.49. The molecule has 0 fully saturated rings. The number of hydrogen-bond donors (Lipinski definition) is 0. The van der Waals surface area contributed by atoms with Crippen molar-refractivity contribution in [1.82, 2.24) is 0 Å². The van der Waals surface area contributed by atoms with E-state index in [-0.39, 0.29) is 21.1 Å². The molecule has 0 spiro atoms. The first kappa shape index (κ1) is 32.6. The summed E-state index contributed by atoms with van der Waals surface area (Å²) in [6.45, 7) is 0. The number of thioether (sulfide) groups is 2. The van der Waals surface area contributed by atoms with Gasteiger partial charge in [0.2, 0.25) is 0 Å². The van der Waals surface area contributed by atoms with Crippen molar-refractivity contribution in [2.75, 3.05) is 12.5 Å². The molecule has 4 aromatic rings. The first-order chi connectivity index (χ1) is 18.6. The first-order valence-electron chi connectivity index (χ1n) is 11.6. The third-order valence-corrected chi connectivity index (χ3v) is 7.19. The second-order valence-corrected chi connectivity index (χ2v) is 10.6. The van der Waals surface area contributed by atoms with Gasteiger partial charge in [-0.1, -0.05) is 145 Å². The molecule has 202 valence electrons. The van der Waals surface area contributed by atoms with Gasteiger partial charge in [-0.3, -0.25) is 0 Å². The van der Waals surface area contributed by atoms with E-state index in [0.29, 0.717) is 8.64 Å². The van der Waals surface area contributed by atoms with Crippen molar-refractivity contribution < 1.29 is 21.1 Å². The van der Waals surface area contributed by atoms with Gasteiger partial charge in [0.25, 0.3) is 0 Å². The van der Waals surface area contributed by atoms with Crippen LogP contribution in [-0.4, -0.2) is 32.6 Å². The summed E-state index contributed by atoms with van der Waals surface area (Å²) in [5.41, 5.74) is 14.1. The summed E-state index contributed by atoms with van der Waals surface area (Å²) < 4.78 is 1.29. The van der Waals surface area contributed by atoms with E-state index in [9.17, 15) is 0 Å². The minimum atomic E-state index is 0. The zero-order valence-corrected chi connectivity index (χ0v) is 27.1.